The second-order valence-corrected chi connectivity index (χ2v) is 4.73. The zero-order valence-corrected chi connectivity index (χ0v) is 11.6. The monoisotopic (exact) mass is 275 g/mol. The molecule has 3 rings (SSSR count). The molecule has 106 valence electrons. The molecule has 0 bridgehead atoms. The number of rotatable bonds is 5. The molecule has 0 aliphatic carbocycles. The molecular weight excluding hydrogens is 258 g/mol. The molecule has 0 radical (unpaired) electrons. The normalized spacial score (nSPS) is 13.2. The summed E-state index contributed by atoms with van der Waals surface area (Å²) in [5, 5.41) is 3.81. The van der Waals surface area contributed by atoms with Crippen molar-refractivity contribution in [1.29, 1.82) is 0 Å². The maximum absolute atomic E-state index is 5.39. The van der Waals surface area contributed by atoms with Crippen LogP contribution >= 0.6 is 0 Å². The molecule has 0 atom stereocenters. The van der Waals surface area contributed by atoms with Gasteiger partial charge < -0.3 is 14.0 Å². The Bertz CT molecular complexity index is 597. The van der Waals surface area contributed by atoms with Crippen LogP contribution < -0.4 is 9.47 Å². The number of hydrogen-bond donors (Lipinski definition) is 0. The van der Waals surface area contributed by atoms with Crippen molar-refractivity contribution >= 4 is 0 Å². The molecule has 2 heterocycles. The molecule has 6 heteroatoms. The van der Waals surface area contributed by atoms with Gasteiger partial charge in [0.05, 0.1) is 6.54 Å². The predicted molar refractivity (Wildman–Crippen MR) is 71.4 cm³/mol. The maximum atomic E-state index is 5.39. The molecule has 0 spiro atoms. The van der Waals surface area contributed by atoms with Crippen LogP contribution in [-0.2, 0) is 13.1 Å². The summed E-state index contributed by atoms with van der Waals surface area (Å²) in [5.74, 6) is 2.93. The highest BCUT2D eigenvalue weighted by atomic mass is 16.7. The van der Waals surface area contributed by atoms with E-state index in [4.69, 9.17) is 14.0 Å². The standard InChI is InChI=1S/C14H17N3O3/c1-3-17(8-14-15-10(2)16-20-14)7-11-4-5-12-13(6-11)19-9-18-12/h4-6H,3,7-9H2,1-2H3. The number of nitrogens with zero attached hydrogens (tertiary/aromatic N) is 3. The number of aryl methyl sites for hydroxylation is 1. The van der Waals surface area contributed by atoms with Gasteiger partial charge in [0.2, 0.25) is 12.7 Å². The first kappa shape index (κ1) is 12.9. The van der Waals surface area contributed by atoms with Crippen molar-refractivity contribution in [3.63, 3.8) is 0 Å². The van der Waals surface area contributed by atoms with Crippen molar-refractivity contribution in [1.82, 2.24) is 15.0 Å². The van der Waals surface area contributed by atoms with E-state index < -0.39 is 0 Å². The summed E-state index contributed by atoms with van der Waals surface area (Å²) in [7, 11) is 0. The first-order valence-electron chi connectivity index (χ1n) is 6.64. The van der Waals surface area contributed by atoms with E-state index in [-0.39, 0.29) is 0 Å². The highest BCUT2D eigenvalue weighted by molar-refractivity contribution is 5.44. The van der Waals surface area contributed by atoms with Gasteiger partial charge in [0.1, 0.15) is 0 Å². The Kier molecular flexibility index (Phi) is 3.56. The fraction of sp³-hybridized carbons (Fsp3) is 0.429. The van der Waals surface area contributed by atoms with E-state index in [1.165, 1.54) is 5.56 Å². The SMILES string of the molecule is CCN(Cc1ccc2c(c1)OCO2)Cc1nc(C)no1. The van der Waals surface area contributed by atoms with E-state index in [0.717, 1.165) is 24.6 Å². The van der Waals surface area contributed by atoms with E-state index in [2.05, 4.69) is 28.0 Å². The minimum Gasteiger partial charge on any atom is -0.454 e. The van der Waals surface area contributed by atoms with Gasteiger partial charge in [-0.25, -0.2) is 0 Å². The molecule has 0 unspecified atom stereocenters. The van der Waals surface area contributed by atoms with Crippen LogP contribution in [0.25, 0.3) is 0 Å². The first-order chi connectivity index (χ1) is 9.74. The summed E-state index contributed by atoms with van der Waals surface area (Å²) in [6.07, 6.45) is 0. The molecule has 0 N–H and O–H groups in total. The lowest BCUT2D eigenvalue weighted by atomic mass is 10.2. The Labute approximate surface area is 117 Å². The molecule has 1 aliphatic rings. The molecular formula is C14H17N3O3. The zero-order valence-electron chi connectivity index (χ0n) is 11.6. The van der Waals surface area contributed by atoms with Crippen LogP contribution in [0.3, 0.4) is 0 Å². The van der Waals surface area contributed by atoms with Crippen molar-refractivity contribution in [3.8, 4) is 11.5 Å². The Morgan fingerprint density at radius 3 is 2.80 bits per heavy atom. The van der Waals surface area contributed by atoms with Gasteiger partial charge in [-0.15, -0.1) is 0 Å². The molecule has 0 amide bonds. The van der Waals surface area contributed by atoms with Crippen LogP contribution in [0.15, 0.2) is 22.7 Å². The van der Waals surface area contributed by atoms with E-state index in [9.17, 15) is 0 Å². The summed E-state index contributed by atoms with van der Waals surface area (Å²) in [4.78, 5) is 6.46. The minimum atomic E-state index is 0.303. The molecule has 1 aliphatic heterocycles. The van der Waals surface area contributed by atoms with Gasteiger partial charge in [-0.1, -0.05) is 18.1 Å². The van der Waals surface area contributed by atoms with Gasteiger partial charge in [0, 0.05) is 6.54 Å². The Hall–Kier alpha value is -2.08. The highest BCUT2D eigenvalue weighted by Gasteiger charge is 2.15. The van der Waals surface area contributed by atoms with Crippen LogP contribution in [0.2, 0.25) is 0 Å². The van der Waals surface area contributed by atoms with Gasteiger partial charge in [0.25, 0.3) is 0 Å². The summed E-state index contributed by atoms with van der Waals surface area (Å²) >= 11 is 0. The second kappa shape index (κ2) is 5.50. The molecule has 1 aromatic heterocycles. The molecule has 20 heavy (non-hydrogen) atoms. The van der Waals surface area contributed by atoms with E-state index in [1.54, 1.807) is 0 Å². The first-order valence-corrected chi connectivity index (χ1v) is 6.64. The molecule has 2 aromatic rings. The predicted octanol–water partition coefficient (Wildman–Crippen LogP) is 2.13. The summed E-state index contributed by atoms with van der Waals surface area (Å²) in [6, 6.07) is 6.02. The number of hydrogen-bond acceptors (Lipinski definition) is 6. The highest BCUT2D eigenvalue weighted by Crippen LogP contribution is 2.32. The van der Waals surface area contributed by atoms with Crippen LogP contribution in [-0.4, -0.2) is 28.4 Å². The van der Waals surface area contributed by atoms with E-state index in [1.807, 2.05) is 19.1 Å². The van der Waals surface area contributed by atoms with Gasteiger partial charge >= 0.3 is 0 Å². The van der Waals surface area contributed by atoms with Gasteiger partial charge in [0.15, 0.2) is 17.3 Å². The Balaban J connectivity index is 1.68. The third kappa shape index (κ3) is 2.75. The fourth-order valence-electron chi connectivity index (χ4n) is 2.17. The van der Waals surface area contributed by atoms with Crippen LogP contribution in [0.4, 0.5) is 0 Å². The quantitative estimate of drug-likeness (QED) is 0.833. The molecule has 0 fully saturated rings. The van der Waals surface area contributed by atoms with Gasteiger partial charge in [-0.05, 0) is 31.2 Å². The zero-order chi connectivity index (χ0) is 13.9. The number of aromatic nitrogens is 2. The average Bonchev–Trinajstić information content (AvgIpc) is 3.06. The number of benzene rings is 1. The number of fused-ring (bicyclic) bond motifs is 1. The maximum Gasteiger partial charge on any atom is 0.240 e. The van der Waals surface area contributed by atoms with Crippen LogP contribution in [0.5, 0.6) is 11.5 Å². The summed E-state index contributed by atoms with van der Waals surface area (Å²) in [5.41, 5.74) is 1.17. The lowest BCUT2D eigenvalue weighted by Gasteiger charge is -2.18. The minimum absolute atomic E-state index is 0.303. The van der Waals surface area contributed by atoms with E-state index in [0.29, 0.717) is 25.1 Å². The van der Waals surface area contributed by atoms with Crippen molar-refractivity contribution in [3.05, 3.63) is 35.5 Å². The summed E-state index contributed by atoms with van der Waals surface area (Å²) < 4.78 is 15.9. The smallest absolute Gasteiger partial charge is 0.240 e. The molecule has 1 aromatic carbocycles. The van der Waals surface area contributed by atoms with Gasteiger partial charge in [-0.2, -0.15) is 4.98 Å². The van der Waals surface area contributed by atoms with Crippen molar-refractivity contribution in [2.24, 2.45) is 0 Å². The van der Waals surface area contributed by atoms with Crippen molar-refractivity contribution < 1.29 is 14.0 Å². The topological polar surface area (TPSA) is 60.6 Å². The summed E-state index contributed by atoms with van der Waals surface area (Å²) in [6.45, 7) is 6.57. The van der Waals surface area contributed by atoms with Crippen molar-refractivity contribution in [2.75, 3.05) is 13.3 Å². The molecule has 6 nitrogen and oxygen atoms in total. The molecule has 0 saturated carbocycles. The fourth-order valence-corrected chi connectivity index (χ4v) is 2.17. The van der Waals surface area contributed by atoms with Gasteiger partial charge in [-0.3, -0.25) is 4.90 Å². The van der Waals surface area contributed by atoms with Crippen LogP contribution in [0, 0.1) is 6.92 Å². The average molecular weight is 275 g/mol. The number of ether oxygens (including phenoxy) is 2. The van der Waals surface area contributed by atoms with Crippen LogP contribution in [0.1, 0.15) is 24.2 Å². The second-order valence-electron chi connectivity index (χ2n) is 4.73. The lowest BCUT2D eigenvalue weighted by molar-refractivity contribution is 0.174. The molecule has 0 saturated heterocycles. The third-order valence-electron chi connectivity index (χ3n) is 3.22. The Morgan fingerprint density at radius 2 is 2.05 bits per heavy atom. The lowest BCUT2D eigenvalue weighted by Crippen LogP contribution is -2.22. The van der Waals surface area contributed by atoms with Crippen molar-refractivity contribution in [2.45, 2.75) is 26.9 Å². The Morgan fingerprint density at radius 1 is 1.20 bits per heavy atom. The third-order valence-corrected chi connectivity index (χ3v) is 3.22. The largest absolute Gasteiger partial charge is 0.454 e. The van der Waals surface area contributed by atoms with E-state index >= 15 is 0 Å².